The Balaban J connectivity index is 2.49. The third-order valence-electron chi connectivity index (χ3n) is 2.19. The minimum Gasteiger partial charge on any atom is -0.373 e. The summed E-state index contributed by atoms with van der Waals surface area (Å²) in [7, 11) is 0. The normalized spacial score (nSPS) is 31.7. The Morgan fingerprint density at radius 1 is 1.55 bits per heavy atom. The van der Waals surface area contributed by atoms with Crippen LogP contribution >= 0.6 is 11.6 Å². The van der Waals surface area contributed by atoms with E-state index in [9.17, 15) is 0 Å². The van der Waals surface area contributed by atoms with E-state index in [1.165, 1.54) is 12.8 Å². The van der Waals surface area contributed by atoms with Crippen molar-refractivity contribution < 1.29 is 4.74 Å². The van der Waals surface area contributed by atoms with Crippen LogP contribution in [0.2, 0.25) is 0 Å². The van der Waals surface area contributed by atoms with Gasteiger partial charge < -0.3 is 4.74 Å². The van der Waals surface area contributed by atoms with Crippen molar-refractivity contribution in [3.63, 3.8) is 0 Å². The predicted molar refractivity (Wildman–Crippen MR) is 48.1 cm³/mol. The SMILES string of the molecule is C=CCC1(CCl)CCCCO1. The predicted octanol–water partition coefficient (Wildman–Crippen LogP) is 2.74. The van der Waals surface area contributed by atoms with Crippen molar-refractivity contribution in [1.82, 2.24) is 0 Å². The highest BCUT2D eigenvalue weighted by Crippen LogP contribution is 2.29. The van der Waals surface area contributed by atoms with Crippen LogP contribution in [0.5, 0.6) is 0 Å². The molecule has 2 heteroatoms. The average Bonchev–Trinajstić information content (AvgIpc) is 2.07. The van der Waals surface area contributed by atoms with Crippen LogP contribution in [-0.4, -0.2) is 18.1 Å². The van der Waals surface area contributed by atoms with Crippen molar-refractivity contribution in [2.24, 2.45) is 0 Å². The van der Waals surface area contributed by atoms with Crippen LogP contribution in [0.4, 0.5) is 0 Å². The highest BCUT2D eigenvalue weighted by molar-refractivity contribution is 6.18. The van der Waals surface area contributed by atoms with Crippen LogP contribution in [0.25, 0.3) is 0 Å². The van der Waals surface area contributed by atoms with E-state index in [4.69, 9.17) is 16.3 Å². The number of ether oxygens (including phenoxy) is 1. The molecule has 0 N–H and O–H groups in total. The monoisotopic (exact) mass is 174 g/mol. The molecule has 1 fully saturated rings. The van der Waals surface area contributed by atoms with Gasteiger partial charge in [0.2, 0.25) is 0 Å². The molecule has 0 saturated carbocycles. The van der Waals surface area contributed by atoms with E-state index < -0.39 is 0 Å². The van der Waals surface area contributed by atoms with Gasteiger partial charge >= 0.3 is 0 Å². The summed E-state index contributed by atoms with van der Waals surface area (Å²) in [6, 6.07) is 0. The first-order valence-corrected chi connectivity index (χ1v) is 4.67. The molecule has 1 nitrogen and oxygen atoms in total. The summed E-state index contributed by atoms with van der Waals surface area (Å²) < 4.78 is 5.65. The summed E-state index contributed by atoms with van der Waals surface area (Å²) in [6.07, 6.45) is 6.28. The van der Waals surface area contributed by atoms with Gasteiger partial charge in [-0.1, -0.05) is 6.08 Å². The Bertz CT molecular complexity index is 128. The lowest BCUT2D eigenvalue weighted by Crippen LogP contribution is -2.37. The molecule has 1 rings (SSSR count). The molecule has 64 valence electrons. The van der Waals surface area contributed by atoms with Crippen LogP contribution in [0.3, 0.4) is 0 Å². The van der Waals surface area contributed by atoms with Crippen molar-refractivity contribution in [1.29, 1.82) is 0 Å². The molecule has 1 atom stereocenters. The standard InChI is InChI=1S/C9H15ClO/c1-2-5-9(8-10)6-3-4-7-11-9/h2H,1,3-8H2. The first-order chi connectivity index (χ1) is 5.33. The highest BCUT2D eigenvalue weighted by Gasteiger charge is 2.30. The summed E-state index contributed by atoms with van der Waals surface area (Å²) in [5, 5.41) is 0. The van der Waals surface area contributed by atoms with Gasteiger partial charge in [0.05, 0.1) is 11.5 Å². The second-order valence-corrected chi connectivity index (χ2v) is 3.38. The Morgan fingerprint density at radius 2 is 2.36 bits per heavy atom. The topological polar surface area (TPSA) is 9.23 Å². The van der Waals surface area contributed by atoms with E-state index in [1.807, 2.05) is 6.08 Å². The molecule has 0 bridgehead atoms. The zero-order valence-electron chi connectivity index (χ0n) is 6.81. The minimum atomic E-state index is -0.0818. The Labute approximate surface area is 73.4 Å². The fourth-order valence-electron chi connectivity index (χ4n) is 1.49. The van der Waals surface area contributed by atoms with Gasteiger partial charge in [0, 0.05) is 6.61 Å². The van der Waals surface area contributed by atoms with E-state index >= 15 is 0 Å². The van der Waals surface area contributed by atoms with Gasteiger partial charge in [-0.15, -0.1) is 18.2 Å². The molecule has 1 aliphatic rings. The van der Waals surface area contributed by atoms with Gasteiger partial charge in [0.25, 0.3) is 0 Å². The lowest BCUT2D eigenvalue weighted by atomic mass is 9.92. The molecule has 0 aromatic heterocycles. The van der Waals surface area contributed by atoms with Gasteiger partial charge in [0.15, 0.2) is 0 Å². The van der Waals surface area contributed by atoms with E-state index in [0.29, 0.717) is 5.88 Å². The molecule has 0 radical (unpaired) electrons. The quantitative estimate of drug-likeness (QED) is 0.472. The lowest BCUT2D eigenvalue weighted by Gasteiger charge is -2.34. The average molecular weight is 175 g/mol. The lowest BCUT2D eigenvalue weighted by molar-refractivity contribution is -0.0597. The number of rotatable bonds is 3. The van der Waals surface area contributed by atoms with Crippen molar-refractivity contribution in [2.75, 3.05) is 12.5 Å². The molecular formula is C9H15ClO. The summed E-state index contributed by atoms with van der Waals surface area (Å²) in [4.78, 5) is 0. The molecule has 0 amide bonds. The van der Waals surface area contributed by atoms with Crippen LogP contribution in [0, 0.1) is 0 Å². The number of halogens is 1. The Kier molecular flexibility index (Phi) is 3.41. The number of hydrogen-bond acceptors (Lipinski definition) is 1. The van der Waals surface area contributed by atoms with Crippen molar-refractivity contribution in [2.45, 2.75) is 31.3 Å². The van der Waals surface area contributed by atoms with Crippen molar-refractivity contribution in [3.05, 3.63) is 12.7 Å². The summed E-state index contributed by atoms with van der Waals surface area (Å²) in [5.41, 5.74) is -0.0818. The molecule has 1 heterocycles. The largest absolute Gasteiger partial charge is 0.373 e. The summed E-state index contributed by atoms with van der Waals surface area (Å²) >= 11 is 5.84. The molecular weight excluding hydrogens is 160 g/mol. The van der Waals surface area contributed by atoms with Crippen LogP contribution in [0.1, 0.15) is 25.7 Å². The number of alkyl halides is 1. The van der Waals surface area contributed by atoms with E-state index in [-0.39, 0.29) is 5.60 Å². The maximum absolute atomic E-state index is 5.84. The van der Waals surface area contributed by atoms with Gasteiger partial charge in [-0.25, -0.2) is 0 Å². The maximum atomic E-state index is 5.84. The first-order valence-electron chi connectivity index (χ1n) is 4.14. The second-order valence-electron chi connectivity index (χ2n) is 3.12. The molecule has 0 spiro atoms. The van der Waals surface area contributed by atoms with Gasteiger partial charge in [0.1, 0.15) is 0 Å². The Morgan fingerprint density at radius 3 is 2.82 bits per heavy atom. The van der Waals surface area contributed by atoms with Crippen LogP contribution in [0.15, 0.2) is 12.7 Å². The van der Waals surface area contributed by atoms with Crippen molar-refractivity contribution in [3.8, 4) is 0 Å². The molecule has 0 aromatic rings. The fourth-order valence-corrected chi connectivity index (χ4v) is 1.81. The first kappa shape index (κ1) is 9.08. The van der Waals surface area contributed by atoms with Crippen LogP contribution in [-0.2, 0) is 4.74 Å². The minimum absolute atomic E-state index is 0.0818. The third-order valence-corrected chi connectivity index (χ3v) is 2.68. The Hall–Kier alpha value is -0.0100. The van der Waals surface area contributed by atoms with E-state index in [0.717, 1.165) is 19.4 Å². The van der Waals surface area contributed by atoms with Gasteiger partial charge in [-0.05, 0) is 25.7 Å². The van der Waals surface area contributed by atoms with Gasteiger partial charge in [-0.2, -0.15) is 0 Å². The summed E-state index contributed by atoms with van der Waals surface area (Å²) in [5.74, 6) is 0.596. The molecule has 1 saturated heterocycles. The molecule has 0 aliphatic carbocycles. The van der Waals surface area contributed by atoms with Crippen molar-refractivity contribution >= 4 is 11.6 Å². The maximum Gasteiger partial charge on any atom is 0.0851 e. The zero-order chi connectivity index (χ0) is 8.16. The van der Waals surface area contributed by atoms with Crippen LogP contribution < -0.4 is 0 Å². The van der Waals surface area contributed by atoms with E-state index in [2.05, 4.69) is 6.58 Å². The summed E-state index contributed by atoms with van der Waals surface area (Å²) in [6.45, 7) is 4.57. The molecule has 11 heavy (non-hydrogen) atoms. The molecule has 1 unspecified atom stereocenters. The third kappa shape index (κ3) is 2.21. The number of hydrogen-bond donors (Lipinski definition) is 0. The van der Waals surface area contributed by atoms with E-state index in [1.54, 1.807) is 0 Å². The van der Waals surface area contributed by atoms with Gasteiger partial charge in [-0.3, -0.25) is 0 Å². The smallest absolute Gasteiger partial charge is 0.0851 e. The fraction of sp³-hybridized carbons (Fsp3) is 0.778. The second kappa shape index (κ2) is 4.13. The molecule has 0 aromatic carbocycles. The molecule has 1 aliphatic heterocycles. The highest BCUT2D eigenvalue weighted by atomic mass is 35.5. The zero-order valence-corrected chi connectivity index (χ0v) is 7.57.